The SMILES string of the molecule is CCN1C[C@H](C(=O)N2CCCN(c3ncccc3C#N)CC2)CC1=O. The van der Waals surface area contributed by atoms with E-state index in [1.165, 1.54) is 0 Å². The molecule has 1 aromatic rings. The Balaban J connectivity index is 1.65. The molecule has 0 aliphatic carbocycles. The summed E-state index contributed by atoms with van der Waals surface area (Å²) in [6.45, 7) is 5.82. The zero-order chi connectivity index (χ0) is 17.8. The molecule has 25 heavy (non-hydrogen) atoms. The van der Waals surface area contributed by atoms with E-state index < -0.39 is 0 Å². The fourth-order valence-electron chi connectivity index (χ4n) is 3.59. The molecule has 0 N–H and O–H groups in total. The van der Waals surface area contributed by atoms with Crippen molar-refractivity contribution in [2.75, 3.05) is 44.2 Å². The molecule has 2 aliphatic rings. The van der Waals surface area contributed by atoms with Crippen LogP contribution in [0.5, 0.6) is 0 Å². The number of aromatic nitrogens is 1. The monoisotopic (exact) mass is 341 g/mol. The lowest BCUT2D eigenvalue weighted by Gasteiger charge is -2.25. The largest absolute Gasteiger partial charge is 0.354 e. The predicted octanol–water partition coefficient (Wildman–Crippen LogP) is 0.860. The third kappa shape index (κ3) is 3.58. The average molecular weight is 341 g/mol. The van der Waals surface area contributed by atoms with Crippen LogP contribution in [0.2, 0.25) is 0 Å². The van der Waals surface area contributed by atoms with Crippen LogP contribution >= 0.6 is 0 Å². The molecule has 3 rings (SSSR count). The van der Waals surface area contributed by atoms with Crippen molar-refractivity contribution in [2.24, 2.45) is 5.92 Å². The molecule has 0 spiro atoms. The number of carbonyl (C=O) groups excluding carboxylic acids is 2. The van der Waals surface area contributed by atoms with Crippen molar-refractivity contribution in [3.8, 4) is 6.07 Å². The second kappa shape index (κ2) is 7.51. The van der Waals surface area contributed by atoms with Crippen molar-refractivity contribution in [3.63, 3.8) is 0 Å². The number of carbonyl (C=O) groups is 2. The Bertz CT molecular complexity index is 699. The van der Waals surface area contributed by atoms with Gasteiger partial charge in [0.25, 0.3) is 0 Å². The van der Waals surface area contributed by atoms with E-state index in [0.29, 0.717) is 50.5 Å². The zero-order valence-electron chi connectivity index (χ0n) is 14.5. The average Bonchev–Trinajstić information content (AvgIpc) is 2.86. The van der Waals surface area contributed by atoms with Crippen LogP contribution in [0, 0.1) is 17.2 Å². The first-order valence-corrected chi connectivity index (χ1v) is 8.80. The van der Waals surface area contributed by atoms with E-state index in [2.05, 4.69) is 16.0 Å². The van der Waals surface area contributed by atoms with Crippen molar-refractivity contribution in [1.82, 2.24) is 14.8 Å². The fraction of sp³-hybridized carbons (Fsp3) is 0.556. The van der Waals surface area contributed by atoms with Crippen LogP contribution in [0.4, 0.5) is 5.82 Å². The maximum atomic E-state index is 12.8. The second-order valence-electron chi connectivity index (χ2n) is 6.49. The van der Waals surface area contributed by atoms with Crippen molar-refractivity contribution in [1.29, 1.82) is 5.26 Å². The molecule has 0 aromatic carbocycles. The molecule has 0 radical (unpaired) electrons. The Morgan fingerprint density at radius 2 is 2.20 bits per heavy atom. The van der Waals surface area contributed by atoms with E-state index in [0.717, 1.165) is 13.0 Å². The normalized spacial score (nSPS) is 21.2. The van der Waals surface area contributed by atoms with Gasteiger partial charge < -0.3 is 14.7 Å². The van der Waals surface area contributed by atoms with Gasteiger partial charge in [0.05, 0.1) is 11.5 Å². The highest BCUT2D eigenvalue weighted by molar-refractivity contribution is 5.89. The van der Waals surface area contributed by atoms with Gasteiger partial charge >= 0.3 is 0 Å². The van der Waals surface area contributed by atoms with E-state index in [1.54, 1.807) is 23.2 Å². The van der Waals surface area contributed by atoms with E-state index in [4.69, 9.17) is 0 Å². The van der Waals surface area contributed by atoms with E-state index in [-0.39, 0.29) is 17.7 Å². The minimum Gasteiger partial charge on any atom is -0.354 e. The lowest BCUT2D eigenvalue weighted by Crippen LogP contribution is -2.40. The van der Waals surface area contributed by atoms with Gasteiger partial charge in [0.15, 0.2) is 0 Å². The molecule has 2 aliphatic heterocycles. The summed E-state index contributed by atoms with van der Waals surface area (Å²) in [6.07, 6.45) is 2.84. The number of pyridine rings is 1. The van der Waals surface area contributed by atoms with E-state index >= 15 is 0 Å². The molecule has 7 heteroatoms. The zero-order valence-corrected chi connectivity index (χ0v) is 14.5. The van der Waals surface area contributed by atoms with Gasteiger partial charge in [-0.3, -0.25) is 9.59 Å². The smallest absolute Gasteiger partial charge is 0.228 e. The highest BCUT2D eigenvalue weighted by Gasteiger charge is 2.36. The second-order valence-corrected chi connectivity index (χ2v) is 6.49. The standard InChI is InChI=1S/C18H23N5O2/c1-2-21-13-15(11-16(21)24)18(25)23-8-4-7-22(9-10-23)17-14(12-19)5-3-6-20-17/h3,5-6,15H,2,4,7-11,13H2,1H3/t15-/m1/s1. The first-order chi connectivity index (χ1) is 12.1. The molecule has 0 unspecified atom stereocenters. The first-order valence-electron chi connectivity index (χ1n) is 8.80. The predicted molar refractivity (Wildman–Crippen MR) is 92.7 cm³/mol. The maximum absolute atomic E-state index is 12.8. The summed E-state index contributed by atoms with van der Waals surface area (Å²) < 4.78 is 0. The van der Waals surface area contributed by atoms with Gasteiger partial charge in [-0.2, -0.15) is 5.26 Å². The van der Waals surface area contributed by atoms with Crippen molar-refractivity contribution in [3.05, 3.63) is 23.9 Å². The lowest BCUT2D eigenvalue weighted by molar-refractivity contribution is -0.135. The number of amides is 2. The molecule has 0 saturated carbocycles. The Morgan fingerprint density at radius 1 is 1.36 bits per heavy atom. The maximum Gasteiger partial charge on any atom is 0.228 e. The van der Waals surface area contributed by atoms with Crippen LogP contribution in [0.25, 0.3) is 0 Å². The van der Waals surface area contributed by atoms with Crippen LogP contribution in [0.3, 0.4) is 0 Å². The quantitative estimate of drug-likeness (QED) is 0.815. The van der Waals surface area contributed by atoms with Crippen LogP contribution < -0.4 is 4.90 Å². The number of likely N-dealkylation sites (tertiary alicyclic amines) is 1. The number of hydrogen-bond donors (Lipinski definition) is 0. The minimum absolute atomic E-state index is 0.0736. The Hall–Kier alpha value is -2.62. The summed E-state index contributed by atoms with van der Waals surface area (Å²) in [5, 5.41) is 9.26. The highest BCUT2D eigenvalue weighted by Crippen LogP contribution is 2.22. The third-order valence-electron chi connectivity index (χ3n) is 4.96. The van der Waals surface area contributed by atoms with Crippen molar-refractivity contribution in [2.45, 2.75) is 19.8 Å². The van der Waals surface area contributed by atoms with E-state index in [1.807, 2.05) is 11.8 Å². The Morgan fingerprint density at radius 3 is 2.92 bits per heavy atom. The number of anilines is 1. The van der Waals surface area contributed by atoms with Gasteiger partial charge in [0.1, 0.15) is 11.9 Å². The summed E-state index contributed by atoms with van der Waals surface area (Å²) in [6, 6.07) is 5.70. The number of rotatable bonds is 3. The van der Waals surface area contributed by atoms with Crippen LogP contribution in [-0.2, 0) is 9.59 Å². The van der Waals surface area contributed by atoms with Crippen LogP contribution in [0.15, 0.2) is 18.3 Å². The van der Waals surface area contributed by atoms with Gasteiger partial charge in [-0.1, -0.05) is 0 Å². The Kier molecular flexibility index (Phi) is 5.17. The number of nitrogens with zero attached hydrogens (tertiary/aromatic N) is 5. The van der Waals surface area contributed by atoms with E-state index in [9.17, 15) is 14.9 Å². The topological polar surface area (TPSA) is 80.5 Å². The molecule has 132 valence electrons. The minimum atomic E-state index is -0.219. The molecule has 2 fully saturated rings. The van der Waals surface area contributed by atoms with Crippen LogP contribution in [-0.4, -0.2) is 65.9 Å². The summed E-state index contributed by atoms with van der Waals surface area (Å²) >= 11 is 0. The fourth-order valence-corrected chi connectivity index (χ4v) is 3.59. The molecule has 7 nitrogen and oxygen atoms in total. The Labute approximate surface area is 147 Å². The summed E-state index contributed by atoms with van der Waals surface area (Å²) in [4.78, 5) is 34.7. The third-order valence-corrected chi connectivity index (χ3v) is 4.96. The van der Waals surface area contributed by atoms with Crippen molar-refractivity contribution < 1.29 is 9.59 Å². The number of hydrogen-bond acceptors (Lipinski definition) is 5. The molecule has 0 bridgehead atoms. The lowest BCUT2D eigenvalue weighted by atomic mass is 10.1. The molecule has 2 amide bonds. The van der Waals surface area contributed by atoms with Gasteiger partial charge in [0.2, 0.25) is 11.8 Å². The molecule has 3 heterocycles. The molecular formula is C18H23N5O2. The van der Waals surface area contributed by atoms with Crippen LogP contribution in [0.1, 0.15) is 25.3 Å². The molecule has 1 atom stereocenters. The molecular weight excluding hydrogens is 318 g/mol. The van der Waals surface area contributed by atoms with Crippen molar-refractivity contribution >= 4 is 17.6 Å². The van der Waals surface area contributed by atoms with Gasteiger partial charge in [-0.15, -0.1) is 0 Å². The van der Waals surface area contributed by atoms with Gasteiger partial charge in [-0.05, 0) is 25.5 Å². The first kappa shape index (κ1) is 17.2. The summed E-state index contributed by atoms with van der Waals surface area (Å²) in [5.74, 6) is 0.619. The highest BCUT2D eigenvalue weighted by atomic mass is 16.2. The number of nitriles is 1. The summed E-state index contributed by atoms with van der Waals surface area (Å²) in [5.41, 5.74) is 0.558. The van der Waals surface area contributed by atoms with Gasteiger partial charge in [0, 0.05) is 51.9 Å². The summed E-state index contributed by atoms with van der Waals surface area (Å²) in [7, 11) is 0. The van der Waals surface area contributed by atoms with Gasteiger partial charge in [-0.25, -0.2) is 4.98 Å². The molecule has 1 aromatic heterocycles. The molecule has 2 saturated heterocycles.